The van der Waals surface area contributed by atoms with Crippen molar-refractivity contribution in [1.29, 1.82) is 0 Å². The van der Waals surface area contributed by atoms with E-state index < -0.39 is 6.29 Å². The Balaban J connectivity index is 2.20. The molecule has 0 aromatic heterocycles. The average molecular weight is 140 g/mol. The molecule has 0 aromatic carbocycles. The smallest absolute Gasteiger partial charge is 0.163 e. The van der Waals surface area contributed by atoms with Crippen molar-refractivity contribution in [1.82, 2.24) is 0 Å². The molecule has 0 amide bonds. The minimum absolute atomic E-state index is 0.000000000000000222. The van der Waals surface area contributed by atoms with Gasteiger partial charge in [0.15, 0.2) is 6.29 Å². The number of hydrogen-bond acceptors (Lipinski definition) is 2. The molecule has 2 aliphatic rings. The molecule has 1 spiro atoms. The number of aliphatic hydroxyl groups excluding tert-OH is 1. The Hall–Kier alpha value is -0.340. The summed E-state index contributed by atoms with van der Waals surface area (Å²) in [5.74, 6) is 0. The van der Waals surface area contributed by atoms with Gasteiger partial charge >= 0.3 is 0 Å². The number of hydrogen-bond donors (Lipinski definition) is 1. The van der Waals surface area contributed by atoms with Crippen LogP contribution in [0.1, 0.15) is 19.3 Å². The summed E-state index contributed by atoms with van der Waals surface area (Å²) in [6.45, 7) is 0.714. The van der Waals surface area contributed by atoms with Crippen LogP contribution in [0.3, 0.4) is 0 Å². The lowest BCUT2D eigenvalue weighted by atomic mass is 9.85. The number of ether oxygens (including phenoxy) is 1. The summed E-state index contributed by atoms with van der Waals surface area (Å²) in [5.41, 5.74) is 0.000000000000000222. The van der Waals surface area contributed by atoms with Gasteiger partial charge < -0.3 is 9.84 Å². The zero-order valence-corrected chi connectivity index (χ0v) is 5.92. The Morgan fingerprint density at radius 2 is 2.40 bits per heavy atom. The first-order chi connectivity index (χ1) is 4.83. The van der Waals surface area contributed by atoms with Crippen LogP contribution in [0.25, 0.3) is 0 Å². The Kier molecular flexibility index (Phi) is 1.32. The first kappa shape index (κ1) is 6.38. The predicted octanol–water partition coefficient (Wildman–Crippen LogP) is 1.06. The Morgan fingerprint density at radius 3 is 2.90 bits per heavy atom. The van der Waals surface area contributed by atoms with Crippen molar-refractivity contribution in [2.45, 2.75) is 25.6 Å². The second-order valence-electron chi connectivity index (χ2n) is 3.15. The van der Waals surface area contributed by atoms with Gasteiger partial charge in [0.2, 0.25) is 0 Å². The third-order valence-electron chi connectivity index (χ3n) is 2.56. The number of rotatable bonds is 0. The van der Waals surface area contributed by atoms with E-state index >= 15 is 0 Å². The summed E-state index contributed by atoms with van der Waals surface area (Å²) in [5, 5.41) is 9.41. The van der Waals surface area contributed by atoms with Crippen LogP contribution in [0.2, 0.25) is 0 Å². The van der Waals surface area contributed by atoms with Gasteiger partial charge in [-0.2, -0.15) is 0 Å². The fourth-order valence-electron chi connectivity index (χ4n) is 1.82. The lowest BCUT2D eigenvalue weighted by Gasteiger charge is -2.22. The molecule has 1 aliphatic heterocycles. The SMILES string of the molecule is OC1OCCC12C=CCC2. The van der Waals surface area contributed by atoms with Crippen molar-refractivity contribution in [3.63, 3.8) is 0 Å². The van der Waals surface area contributed by atoms with Gasteiger partial charge in [0.25, 0.3) is 0 Å². The van der Waals surface area contributed by atoms with Crippen molar-refractivity contribution >= 4 is 0 Å². The molecule has 0 radical (unpaired) electrons. The molecule has 1 fully saturated rings. The van der Waals surface area contributed by atoms with Gasteiger partial charge in [0.05, 0.1) is 6.61 Å². The van der Waals surface area contributed by atoms with Gasteiger partial charge in [-0.1, -0.05) is 12.2 Å². The maximum absolute atomic E-state index is 9.41. The molecule has 2 heteroatoms. The monoisotopic (exact) mass is 140 g/mol. The lowest BCUT2D eigenvalue weighted by Crippen LogP contribution is -2.26. The molecule has 2 nitrogen and oxygen atoms in total. The molecule has 0 bridgehead atoms. The van der Waals surface area contributed by atoms with Crippen LogP contribution >= 0.6 is 0 Å². The van der Waals surface area contributed by atoms with Gasteiger partial charge in [-0.05, 0) is 19.3 Å². The van der Waals surface area contributed by atoms with Crippen molar-refractivity contribution in [3.8, 4) is 0 Å². The number of aliphatic hydroxyl groups is 1. The molecule has 2 rings (SSSR count). The summed E-state index contributed by atoms with van der Waals surface area (Å²) in [6, 6.07) is 0. The second kappa shape index (κ2) is 2.07. The van der Waals surface area contributed by atoms with Gasteiger partial charge in [-0.25, -0.2) is 0 Å². The summed E-state index contributed by atoms with van der Waals surface area (Å²) in [6.07, 6.45) is 6.87. The van der Waals surface area contributed by atoms with E-state index in [1.165, 1.54) is 0 Å². The summed E-state index contributed by atoms with van der Waals surface area (Å²) >= 11 is 0. The van der Waals surface area contributed by atoms with Crippen LogP contribution in [-0.2, 0) is 4.74 Å². The van der Waals surface area contributed by atoms with Crippen molar-refractivity contribution in [3.05, 3.63) is 12.2 Å². The first-order valence-electron chi connectivity index (χ1n) is 3.81. The van der Waals surface area contributed by atoms with E-state index in [9.17, 15) is 5.11 Å². The fourth-order valence-corrected chi connectivity index (χ4v) is 1.82. The molecule has 1 N–H and O–H groups in total. The quantitative estimate of drug-likeness (QED) is 0.510. The molecule has 2 atom stereocenters. The zero-order valence-electron chi connectivity index (χ0n) is 5.92. The van der Waals surface area contributed by atoms with E-state index in [0.717, 1.165) is 19.3 Å². The molecule has 1 aliphatic carbocycles. The van der Waals surface area contributed by atoms with Crippen molar-refractivity contribution < 1.29 is 9.84 Å². The predicted molar refractivity (Wildman–Crippen MR) is 37.4 cm³/mol. The highest BCUT2D eigenvalue weighted by molar-refractivity contribution is 5.09. The third kappa shape index (κ3) is 0.724. The molecule has 2 unspecified atom stereocenters. The molecule has 56 valence electrons. The Labute approximate surface area is 60.5 Å². The van der Waals surface area contributed by atoms with Gasteiger partial charge in [-0.3, -0.25) is 0 Å². The minimum atomic E-state index is -0.536. The standard InChI is InChI=1S/C8H12O2/c9-7-8(5-6-10-7)3-1-2-4-8/h1,3,7,9H,2,4-6H2. The van der Waals surface area contributed by atoms with E-state index in [0.29, 0.717) is 6.61 Å². The van der Waals surface area contributed by atoms with Crippen molar-refractivity contribution in [2.24, 2.45) is 5.41 Å². The van der Waals surface area contributed by atoms with E-state index in [4.69, 9.17) is 4.74 Å². The molecule has 1 heterocycles. The summed E-state index contributed by atoms with van der Waals surface area (Å²) in [4.78, 5) is 0. The maximum atomic E-state index is 9.41. The van der Waals surface area contributed by atoms with Crippen LogP contribution in [-0.4, -0.2) is 18.0 Å². The van der Waals surface area contributed by atoms with Crippen LogP contribution < -0.4 is 0 Å². The van der Waals surface area contributed by atoms with Gasteiger partial charge in [0.1, 0.15) is 0 Å². The average Bonchev–Trinajstić information content (AvgIpc) is 2.48. The highest BCUT2D eigenvalue weighted by Gasteiger charge is 2.42. The highest BCUT2D eigenvalue weighted by atomic mass is 16.6. The molecular weight excluding hydrogens is 128 g/mol. The van der Waals surface area contributed by atoms with Crippen LogP contribution in [0, 0.1) is 5.41 Å². The second-order valence-corrected chi connectivity index (χ2v) is 3.15. The van der Waals surface area contributed by atoms with E-state index in [-0.39, 0.29) is 5.41 Å². The van der Waals surface area contributed by atoms with E-state index in [1.54, 1.807) is 0 Å². The zero-order chi connectivity index (χ0) is 7.03. The topological polar surface area (TPSA) is 29.5 Å². The molecule has 0 aromatic rings. The third-order valence-corrected chi connectivity index (χ3v) is 2.56. The van der Waals surface area contributed by atoms with Gasteiger partial charge in [-0.15, -0.1) is 0 Å². The molecule has 1 saturated heterocycles. The number of allylic oxidation sites excluding steroid dienone is 1. The normalized spacial score (nSPS) is 45.5. The van der Waals surface area contributed by atoms with Crippen LogP contribution in [0.4, 0.5) is 0 Å². The van der Waals surface area contributed by atoms with Crippen LogP contribution in [0.15, 0.2) is 12.2 Å². The molecule has 0 saturated carbocycles. The lowest BCUT2D eigenvalue weighted by molar-refractivity contribution is -0.103. The van der Waals surface area contributed by atoms with Crippen LogP contribution in [0.5, 0.6) is 0 Å². The molecule has 10 heavy (non-hydrogen) atoms. The molecular formula is C8H12O2. The fraction of sp³-hybridized carbons (Fsp3) is 0.750. The summed E-state index contributed by atoms with van der Waals surface area (Å²) < 4.78 is 5.09. The largest absolute Gasteiger partial charge is 0.367 e. The first-order valence-corrected chi connectivity index (χ1v) is 3.81. The highest BCUT2D eigenvalue weighted by Crippen LogP contribution is 2.43. The van der Waals surface area contributed by atoms with E-state index in [2.05, 4.69) is 12.2 Å². The Morgan fingerprint density at radius 1 is 1.50 bits per heavy atom. The van der Waals surface area contributed by atoms with Gasteiger partial charge in [0, 0.05) is 5.41 Å². The van der Waals surface area contributed by atoms with Crippen molar-refractivity contribution in [2.75, 3.05) is 6.61 Å². The Bertz CT molecular complexity index is 165. The maximum Gasteiger partial charge on any atom is 0.163 e. The van der Waals surface area contributed by atoms with E-state index in [1.807, 2.05) is 0 Å². The minimum Gasteiger partial charge on any atom is -0.367 e. The summed E-state index contributed by atoms with van der Waals surface area (Å²) in [7, 11) is 0.